The van der Waals surface area contributed by atoms with Crippen molar-refractivity contribution in [2.45, 2.75) is 33.1 Å². The van der Waals surface area contributed by atoms with Gasteiger partial charge in [-0.15, -0.1) is 0 Å². The van der Waals surface area contributed by atoms with Gasteiger partial charge in [0, 0.05) is 12.1 Å². The lowest BCUT2D eigenvalue weighted by Crippen LogP contribution is -2.16. The number of carbonyl (C=O) groups excluding carboxylic acids is 1. The van der Waals surface area contributed by atoms with Crippen molar-refractivity contribution in [3.63, 3.8) is 0 Å². The van der Waals surface area contributed by atoms with Gasteiger partial charge in [-0.25, -0.2) is 0 Å². The molecule has 0 aliphatic heterocycles. The predicted molar refractivity (Wildman–Crippen MR) is 78.3 cm³/mol. The van der Waals surface area contributed by atoms with E-state index in [0.29, 0.717) is 25.5 Å². The van der Waals surface area contributed by atoms with Crippen LogP contribution in [0.25, 0.3) is 0 Å². The maximum Gasteiger partial charge on any atom is 0.224 e. The molecule has 0 heterocycles. The first-order valence-electron chi connectivity index (χ1n) is 6.88. The van der Waals surface area contributed by atoms with E-state index in [0.717, 1.165) is 24.3 Å². The van der Waals surface area contributed by atoms with Gasteiger partial charge in [-0.05, 0) is 49.6 Å². The van der Waals surface area contributed by atoms with Gasteiger partial charge in [0.25, 0.3) is 0 Å². The van der Waals surface area contributed by atoms with Crippen molar-refractivity contribution in [1.29, 1.82) is 0 Å². The highest BCUT2D eigenvalue weighted by molar-refractivity contribution is 5.90. The number of nitrogens with one attached hydrogen (secondary N) is 1. The molecule has 19 heavy (non-hydrogen) atoms. The minimum Gasteiger partial charge on any atom is -0.494 e. The molecule has 106 valence electrons. The third kappa shape index (κ3) is 6.25. The molecule has 4 heteroatoms. The molecule has 1 aromatic carbocycles. The second kappa shape index (κ2) is 8.53. The number of hydrogen-bond donors (Lipinski definition) is 2. The van der Waals surface area contributed by atoms with E-state index in [1.807, 2.05) is 31.2 Å². The highest BCUT2D eigenvalue weighted by Gasteiger charge is 2.06. The maximum atomic E-state index is 11.7. The van der Waals surface area contributed by atoms with Gasteiger partial charge in [-0.2, -0.15) is 0 Å². The molecule has 0 aromatic heterocycles. The van der Waals surface area contributed by atoms with Crippen LogP contribution in [0.2, 0.25) is 0 Å². The van der Waals surface area contributed by atoms with Crippen LogP contribution in [0.15, 0.2) is 24.3 Å². The molecule has 0 spiro atoms. The summed E-state index contributed by atoms with van der Waals surface area (Å²) in [7, 11) is 0. The molecule has 0 fully saturated rings. The van der Waals surface area contributed by atoms with Crippen LogP contribution in [0.3, 0.4) is 0 Å². The highest BCUT2D eigenvalue weighted by atomic mass is 16.5. The number of rotatable bonds is 8. The fourth-order valence-corrected chi connectivity index (χ4v) is 1.57. The Bertz CT molecular complexity index is 376. The molecule has 0 bridgehead atoms. The van der Waals surface area contributed by atoms with Gasteiger partial charge in [-0.3, -0.25) is 4.79 Å². The molecule has 1 unspecified atom stereocenters. The van der Waals surface area contributed by atoms with Crippen LogP contribution in [0.4, 0.5) is 5.69 Å². The summed E-state index contributed by atoms with van der Waals surface area (Å²) in [6, 6.07) is 7.45. The number of amides is 1. The van der Waals surface area contributed by atoms with E-state index < -0.39 is 0 Å². The number of benzene rings is 1. The molecule has 0 saturated carbocycles. The first-order valence-corrected chi connectivity index (χ1v) is 6.88. The van der Waals surface area contributed by atoms with Crippen LogP contribution in [-0.2, 0) is 4.79 Å². The Balaban J connectivity index is 2.37. The summed E-state index contributed by atoms with van der Waals surface area (Å²) >= 11 is 0. The standard InChI is InChI=1S/C15H24N2O2/c1-3-10-19-14-7-5-13(6-8-14)17-15(18)9-4-12(2)11-16/h5-8,12H,3-4,9-11,16H2,1-2H3,(H,17,18). The number of nitrogens with two attached hydrogens (primary N) is 1. The molecule has 4 nitrogen and oxygen atoms in total. The zero-order chi connectivity index (χ0) is 14.1. The van der Waals surface area contributed by atoms with E-state index in [1.165, 1.54) is 0 Å². The zero-order valence-corrected chi connectivity index (χ0v) is 11.8. The van der Waals surface area contributed by atoms with Crippen molar-refractivity contribution in [2.75, 3.05) is 18.5 Å². The molecule has 1 rings (SSSR count). The fraction of sp³-hybridized carbons (Fsp3) is 0.533. The van der Waals surface area contributed by atoms with E-state index >= 15 is 0 Å². The smallest absolute Gasteiger partial charge is 0.224 e. The Morgan fingerprint density at radius 3 is 2.63 bits per heavy atom. The number of anilines is 1. The Kier molecular flexibility index (Phi) is 6.97. The second-order valence-electron chi connectivity index (χ2n) is 4.80. The third-order valence-electron chi connectivity index (χ3n) is 2.88. The second-order valence-corrected chi connectivity index (χ2v) is 4.80. The minimum absolute atomic E-state index is 0.0301. The summed E-state index contributed by atoms with van der Waals surface area (Å²) in [4.78, 5) is 11.7. The summed E-state index contributed by atoms with van der Waals surface area (Å²) in [5.74, 6) is 1.25. The molecule has 1 atom stereocenters. The minimum atomic E-state index is 0.0301. The first kappa shape index (κ1) is 15.5. The summed E-state index contributed by atoms with van der Waals surface area (Å²) in [6.07, 6.45) is 2.31. The van der Waals surface area contributed by atoms with Crippen molar-refractivity contribution < 1.29 is 9.53 Å². The maximum absolute atomic E-state index is 11.7. The zero-order valence-electron chi connectivity index (χ0n) is 11.8. The Labute approximate surface area is 115 Å². The highest BCUT2D eigenvalue weighted by Crippen LogP contribution is 2.16. The van der Waals surface area contributed by atoms with E-state index in [2.05, 4.69) is 12.2 Å². The van der Waals surface area contributed by atoms with Gasteiger partial charge in [0.15, 0.2) is 0 Å². The van der Waals surface area contributed by atoms with Crippen LogP contribution in [0.1, 0.15) is 33.1 Å². The van der Waals surface area contributed by atoms with Gasteiger partial charge in [0.2, 0.25) is 5.91 Å². The summed E-state index contributed by atoms with van der Waals surface area (Å²) < 4.78 is 5.48. The summed E-state index contributed by atoms with van der Waals surface area (Å²) in [6.45, 7) is 5.45. The van der Waals surface area contributed by atoms with Crippen molar-refractivity contribution in [2.24, 2.45) is 11.7 Å². The average molecular weight is 264 g/mol. The predicted octanol–water partition coefficient (Wildman–Crippen LogP) is 2.79. The largest absolute Gasteiger partial charge is 0.494 e. The fourth-order valence-electron chi connectivity index (χ4n) is 1.57. The lowest BCUT2D eigenvalue weighted by molar-refractivity contribution is -0.116. The van der Waals surface area contributed by atoms with Crippen LogP contribution in [0.5, 0.6) is 5.75 Å². The van der Waals surface area contributed by atoms with E-state index in [4.69, 9.17) is 10.5 Å². The van der Waals surface area contributed by atoms with E-state index in [9.17, 15) is 4.79 Å². The van der Waals surface area contributed by atoms with Crippen molar-refractivity contribution in [3.05, 3.63) is 24.3 Å². The van der Waals surface area contributed by atoms with Crippen molar-refractivity contribution in [1.82, 2.24) is 0 Å². The van der Waals surface area contributed by atoms with Gasteiger partial charge < -0.3 is 15.8 Å². The Hall–Kier alpha value is -1.55. The van der Waals surface area contributed by atoms with Gasteiger partial charge >= 0.3 is 0 Å². The van der Waals surface area contributed by atoms with Crippen LogP contribution in [-0.4, -0.2) is 19.1 Å². The van der Waals surface area contributed by atoms with Crippen molar-refractivity contribution in [3.8, 4) is 5.75 Å². The first-order chi connectivity index (χ1) is 9.15. The molecule has 0 radical (unpaired) electrons. The van der Waals surface area contributed by atoms with E-state index in [-0.39, 0.29) is 5.91 Å². The molecule has 3 N–H and O–H groups in total. The van der Waals surface area contributed by atoms with Gasteiger partial charge in [0.05, 0.1) is 6.61 Å². The van der Waals surface area contributed by atoms with Crippen molar-refractivity contribution >= 4 is 11.6 Å². The van der Waals surface area contributed by atoms with Crippen LogP contribution >= 0.6 is 0 Å². The molecular formula is C15H24N2O2. The monoisotopic (exact) mass is 264 g/mol. The Morgan fingerprint density at radius 1 is 1.37 bits per heavy atom. The molecule has 0 aliphatic rings. The SMILES string of the molecule is CCCOc1ccc(NC(=O)CCC(C)CN)cc1. The molecular weight excluding hydrogens is 240 g/mol. The summed E-state index contributed by atoms with van der Waals surface area (Å²) in [5.41, 5.74) is 6.32. The average Bonchev–Trinajstić information content (AvgIpc) is 2.44. The molecule has 1 amide bonds. The number of ether oxygens (including phenoxy) is 1. The number of hydrogen-bond acceptors (Lipinski definition) is 3. The van der Waals surface area contributed by atoms with Crippen LogP contribution < -0.4 is 15.8 Å². The lowest BCUT2D eigenvalue weighted by Gasteiger charge is -2.09. The third-order valence-corrected chi connectivity index (χ3v) is 2.88. The molecule has 1 aromatic rings. The molecule has 0 aliphatic carbocycles. The van der Waals surface area contributed by atoms with Gasteiger partial charge in [-0.1, -0.05) is 13.8 Å². The number of carbonyl (C=O) groups is 1. The van der Waals surface area contributed by atoms with E-state index in [1.54, 1.807) is 0 Å². The van der Waals surface area contributed by atoms with Gasteiger partial charge in [0.1, 0.15) is 5.75 Å². The normalized spacial score (nSPS) is 11.9. The topological polar surface area (TPSA) is 64.3 Å². The Morgan fingerprint density at radius 2 is 2.05 bits per heavy atom. The lowest BCUT2D eigenvalue weighted by atomic mass is 10.1. The summed E-state index contributed by atoms with van der Waals surface area (Å²) in [5, 5.41) is 2.87. The van der Waals surface area contributed by atoms with Crippen LogP contribution in [0, 0.1) is 5.92 Å². The quantitative estimate of drug-likeness (QED) is 0.759. The molecule has 0 saturated heterocycles.